The van der Waals surface area contributed by atoms with Crippen LogP contribution < -0.4 is 5.32 Å². The van der Waals surface area contributed by atoms with Crippen LogP contribution in [0, 0.1) is 11.3 Å². The Balaban J connectivity index is 1.88. The second-order valence-electron chi connectivity index (χ2n) is 8.51. The van der Waals surface area contributed by atoms with E-state index in [0.717, 1.165) is 32.2 Å². The van der Waals surface area contributed by atoms with E-state index < -0.39 is 5.41 Å². The largest absolute Gasteiger partial charge is 0.460 e. The number of carbonyl (C=O) groups excluding carboxylic acids is 3. The second kappa shape index (κ2) is 10.9. The van der Waals surface area contributed by atoms with Crippen LogP contribution in [0.4, 0.5) is 0 Å². The van der Waals surface area contributed by atoms with E-state index in [2.05, 4.69) is 12.2 Å². The highest BCUT2D eigenvalue weighted by atomic mass is 16.5. The molecule has 1 saturated carbocycles. The maximum Gasteiger partial charge on any atom is 0.309 e. The normalized spacial score (nSPS) is 23.4. The number of hydrogen-bond acceptors (Lipinski definition) is 5. The van der Waals surface area contributed by atoms with E-state index in [4.69, 9.17) is 4.74 Å². The van der Waals surface area contributed by atoms with Crippen LogP contribution >= 0.6 is 0 Å². The molecule has 27 heavy (non-hydrogen) atoms. The first-order chi connectivity index (χ1) is 13.0. The first kappa shape index (κ1) is 22.1. The first-order valence-electron chi connectivity index (χ1n) is 11.0. The van der Waals surface area contributed by atoms with Gasteiger partial charge in [0, 0.05) is 24.8 Å². The van der Waals surface area contributed by atoms with Crippen molar-refractivity contribution in [3.63, 3.8) is 0 Å². The summed E-state index contributed by atoms with van der Waals surface area (Å²) >= 11 is 0. The molecule has 5 nitrogen and oxygen atoms in total. The Labute approximate surface area is 164 Å². The predicted molar refractivity (Wildman–Crippen MR) is 105 cm³/mol. The summed E-state index contributed by atoms with van der Waals surface area (Å²) in [5, 5.41) is 3.27. The molecule has 0 amide bonds. The third kappa shape index (κ3) is 6.41. The van der Waals surface area contributed by atoms with Crippen LogP contribution in [-0.2, 0) is 19.1 Å². The van der Waals surface area contributed by atoms with Crippen LogP contribution in [0.15, 0.2) is 0 Å². The Morgan fingerprint density at radius 3 is 2.44 bits per heavy atom. The molecule has 0 aromatic rings. The highest BCUT2D eigenvalue weighted by Gasteiger charge is 2.48. The maximum absolute atomic E-state index is 12.8. The molecule has 2 fully saturated rings. The summed E-state index contributed by atoms with van der Waals surface area (Å²) in [6.07, 6.45) is 10.0. The standard InChI is InChI=1S/C22H37NO4/c1-3-5-6-7-8-9-10-17(4-2)21(26)27-20-16-23-12-11-22(20)14-18(24)13-19(25)15-22/h17,20,23H,3-16H2,1-2H3. The number of nitrogens with one attached hydrogen (secondary N) is 1. The topological polar surface area (TPSA) is 72.5 Å². The molecule has 2 rings (SSSR count). The number of rotatable bonds is 10. The summed E-state index contributed by atoms with van der Waals surface area (Å²) < 4.78 is 5.92. The third-order valence-electron chi connectivity index (χ3n) is 6.30. The van der Waals surface area contributed by atoms with Crippen molar-refractivity contribution in [1.82, 2.24) is 5.32 Å². The van der Waals surface area contributed by atoms with Crippen LogP contribution in [0.5, 0.6) is 0 Å². The van der Waals surface area contributed by atoms with Gasteiger partial charge in [-0.15, -0.1) is 0 Å². The van der Waals surface area contributed by atoms with E-state index in [1.54, 1.807) is 0 Å². The highest BCUT2D eigenvalue weighted by molar-refractivity contribution is 6.02. The molecule has 2 atom stereocenters. The Morgan fingerprint density at radius 1 is 1.11 bits per heavy atom. The van der Waals surface area contributed by atoms with Crippen LogP contribution in [0.25, 0.3) is 0 Å². The van der Waals surface area contributed by atoms with Crippen molar-refractivity contribution in [2.24, 2.45) is 11.3 Å². The van der Waals surface area contributed by atoms with Crippen molar-refractivity contribution in [3.8, 4) is 0 Å². The van der Waals surface area contributed by atoms with E-state index in [9.17, 15) is 14.4 Å². The van der Waals surface area contributed by atoms with Gasteiger partial charge >= 0.3 is 5.97 Å². The maximum atomic E-state index is 12.8. The van der Waals surface area contributed by atoms with Gasteiger partial charge in [0.1, 0.15) is 17.7 Å². The van der Waals surface area contributed by atoms with Gasteiger partial charge in [0.05, 0.1) is 12.3 Å². The van der Waals surface area contributed by atoms with Crippen molar-refractivity contribution < 1.29 is 19.1 Å². The molecule has 1 spiro atoms. The Hall–Kier alpha value is -1.23. The molecule has 1 saturated heterocycles. The average molecular weight is 380 g/mol. The van der Waals surface area contributed by atoms with Crippen LogP contribution in [0.2, 0.25) is 0 Å². The molecule has 0 radical (unpaired) electrons. The molecule has 1 aliphatic carbocycles. The quantitative estimate of drug-likeness (QED) is 0.353. The first-order valence-corrected chi connectivity index (χ1v) is 11.0. The van der Waals surface area contributed by atoms with E-state index in [1.165, 1.54) is 32.1 Å². The van der Waals surface area contributed by atoms with Gasteiger partial charge in [-0.3, -0.25) is 14.4 Å². The summed E-state index contributed by atoms with van der Waals surface area (Å²) in [6, 6.07) is 0. The molecule has 2 unspecified atom stereocenters. The summed E-state index contributed by atoms with van der Waals surface area (Å²) in [4.78, 5) is 36.8. The fourth-order valence-electron chi connectivity index (χ4n) is 4.61. The number of ether oxygens (including phenoxy) is 1. The summed E-state index contributed by atoms with van der Waals surface area (Å²) in [7, 11) is 0. The lowest BCUT2D eigenvalue weighted by atomic mass is 9.66. The van der Waals surface area contributed by atoms with Crippen LogP contribution in [0.1, 0.15) is 90.9 Å². The predicted octanol–water partition coefficient (Wildman–Crippen LogP) is 3.98. The molecular formula is C22H37NO4. The molecule has 5 heteroatoms. The fourth-order valence-corrected chi connectivity index (χ4v) is 4.61. The van der Waals surface area contributed by atoms with Gasteiger partial charge in [-0.05, 0) is 25.8 Å². The molecule has 1 heterocycles. The fraction of sp³-hybridized carbons (Fsp3) is 0.864. The third-order valence-corrected chi connectivity index (χ3v) is 6.30. The molecule has 154 valence electrons. The molecule has 0 aromatic heterocycles. The van der Waals surface area contributed by atoms with Gasteiger partial charge < -0.3 is 10.1 Å². The van der Waals surface area contributed by atoms with Crippen molar-refractivity contribution in [1.29, 1.82) is 0 Å². The van der Waals surface area contributed by atoms with E-state index in [1.807, 2.05) is 6.92 Å². The molecule has 0 aromatic carbocycles. The highest BCUT2D eigenvalue weighted by Crippen LogP contribution is 2.42. The van der Waals surface area contributed by atoms with Gasteiger partial charge in [0.15, 0.2) is 0 Å². The minimum atomic E-state index is -0.480. The monoisotopic (exact) mass is 379 g/mol. The zero-order valence-electron chi connectivity index (χ0n) is 17.2. The lowest BCUT2D eigenvalue weighted by molar-refractivity contribution is -0.169. The van der Waals surface area contributed by atoms with Gasteiger partial charge in [0.2, 0.25) is 0 Å². The van der Waals surface area contributed by atoms with E-state index >= 15 is 0 Å². The smallest absolute Gasteiger partial charge is 0.309 e. The minimum Gasteiger partial charge on any atom is -0.460 e. The number of hydrogen-bond donors (Lipinski definition) is 1. The molecule has 1 N–H and O–H groups in total. The Kier molecular flexibility index (Phi) is 8.94. The summed E-state index contributed by atoms with van der Waals surface area (Å²) in [5.41, 5.74) is -0.480. The Bertz CT molecular complexity index is 500. The van der Waals surface area contributed by atoms with Crippen LogP contribution in [-0.4, -0.2) is 36.7 Å². The average Bonchev–Trinajstić information content (AvgIpc) is 2.62. The van der Waals surface area contributed by atoms with Crippen molar-refractivity contribution in [2.75, 3.05) is 13.1 Å². The zero-order chi connectivity index (χ0) is 19.7. The van der Waals surface area contributed by atoms with Crippen LogP contribution in [0.3, 0.4) is 0 Å². The summed E-state index contributed by atoms with van der Waals surface area (Å²) in [6.45, 7) is 5.55. The van der Waals surface area contributed by atoms with E-state index in [-0.39, 0.29) is 36.0 Å². The Morgan fingerprint density at radius 2 is 1.78 bits per heavy atom. The lowest BCUT2D eigenvalue weighted by Crippen LogP contribution is -2.54. The number of piperidine rings is 1. The molecule has 1 aliphatic heterocycles. The zero-order valence-corrected chi connectivity index (χ0v) is 17.2. The van der Waals surface area contributed by atoms with Gasteiger partial charge in [-0.1, -0.05) is 52.4 Å². The number of ketones is 2. The molecule has 2 aliphatic rings. The van der Waals surface area contributed by atoms with Gasteiger partial charge in [-0.25, -0.2) is 0 Å². The van der Waals surface area contributed by atoms with Crippen molar-refractivity contribution >= 4 is 17.5 Å². The molecule has 0 bridgehead atoms. The van der Waals surface area contributed by atoms with Crippen molar-refractivity contribution in [2.45, 2.75) is 97.0 Å². The number of carbonyl (C=O) groups is 3. The minimum absolute atomic E-state index is 0.00619. The van der Waals surface area contributed by atoms with Gasteiger partial charge in [-0.2, -0.15) is 0 Å². The number of Topliss-reactive ketones (excluding diaryl/α,β-unsaturated/α-hetero) is 2. The number of unbranched alkanes of at least 4 members (excludes halogenated alkanes) is 5. The molecular weight excluding hydrogens is 342 g/mol. The summed E-state index contributed by atoms with van der Waals surface area (Å²) in [5.74, 6) is -0.239. The lowest BCUT2D eigenvalue weighted by Gasteiger charge is -2.45. The number of esters is 1. The SMILES string of the molecule is CCCCCCCCC(CC)C(=O)OC1CNCCC12CC(=O)CC(=O)C2. The second-order valence-corrected chi connectivity index (χ2v) is 8.51. The van der Waals surface area contributed by atoms with E-state index in [0.29, 0.717) is 19.4 Å². The van der Waals surface area contributed by atoms with Crippen molar-refractivity contribution in [3.05, 3.63) is 0 Å². The van der Waals surface area contributed by atoms with Gasteiger partial charge in [0.25, 0.3) is 0 Å².